The third-order valence-corrected chi connectivity index (χ3v) is 3.74. The molecule has 0 amide bonds. The molecule has 1 heterocycles. The minimum absolute atomic E-state index is 0.0705. The minimum Gasteiger partial charge on any atom is -0.392 e. The fourth-order valence-electron chi connectivity index (χ4n) is 1.45. The number of rotatable bonds is 2. The van der Waals surface area contributed by atoms with Gasteiger partial charge in [-0.3, -0.25) is 0 Å². The maximum Gasteiger partial charge on any atom is 0.0868 e. The van der Waals surface area contributed by atoms with Gasteiger partial charge >= 0.3 is 0 Å². The summed E-state index contributed by atoms with van der Waals surface area (Å²) in [4.78, 5) is 1.17. The van der Waals surface area contributed by atoms with Crippen LogP contribution in [0.4, 0.5) is 5.00 Å². The number of aliphatic hydroxyl groups excluding tert-OH is 1. The highest BCUT2D eigenvalue weighted by atomic mass is 32.2. The first-order valence-electron chi connectivity index (χ1n) is 4.21. The van der Waals surface area contributed by atoms with Crippen LogP contribution in [0.15, 0.2) is 23.1 Å². The lowest BCUT2D eigenvalue weighted by atomic mass is 10.1. The molecular formula is C10H11NOS2. The number of benzene rings is 1. The highest BCUT2D eigenvalue weighted by Crippen LogP contribution is 2.33. The molecule has 0 atom stereocenters. The molecule has 0 fully saturated rings. The normalized spacial score (nSPS) is 11.0. The molecule has 4 heteroatoms. The van der Waals surface area contributed by atoms with E-state index in [0.717, 1.165) is 20.7 Å². The molecule has 1 aromatic carbocycles. The third-order valence-electron chi connectivity index (χ3n) is 2.12. The second-order valence-electron chi connectivity index (χ2n) is 3.01. The molecule has 2 rings (SSSR count). The molecule has 3 N–H and O–H groups in total. The Kier molecular flexibility index (Phi) is 2.67. The van der Waals surface area contributed by atoms with Crippen LogP contribution in [0, 0.1) is 0 Å². The van der Waals surface area contributed by atoms with Crippen molar-refractivity contribution in [1.82, 2.24) is 0 Å². The fraction of sp³-hybridized carbons (Fsp3) is 0.200. The molecule has 0 saturated heterocycles. The van der Waals surface area contributed by atoms with Crippen LogP contribution in [0.5, 0.6) is 0 Å². The van der Waals surface area contributed by atoms with E-state index in [9.17, 15) is 5.11 Å². The zero-order valence-electron chi connectivity index (χ0n) is 7.78. The van der Waals surface area contributed by atoms with Crippen molar-refractivity contribution >= 4 is 38.2 Å². The Balaban J connectivity index is 2.72. The summed E-state index contributed by atoms with van der Waals surface area (Å²) in [5.74, 6) is 0. The van der Waals surface area contributed by atoms with E-state index in [0.29, 0.717) is 0 Å². The second-order valence-corrected chi connectivity index (χ2v) is 5.00. The topological polar surface area (TPSA) is 46.2 Å². The van der Waals surface area contributed by atoms with Crippen LogP contribution < -0.4 is 5.73 Å². The fourth-order valence-corrected chi connectivity index (χ4v) is 2.94. The van der Waals surface area contributed by atoms with E-state index in [1.807, 2.05) is 18.4 Å². The minimum atomic E-state index is 0.0705. The lowest BCUT2D eigenvalue weighted by Gasteiger charge is -2.02. The van der Waals surface area contributed by atoms with E-state index in [1.54, 1.807) is 23.1 Å². The van der Waals surface area contributed by atoms with E-state index in [2.05, 4.69) is 6.07 Å². The van der Waals surface area contributed by atoms with Crippen LogP contribution in [0.1, 0.15) is 5.56 Å². The molecule has 74 valence electrons. The number of anilines is 1. The molecular weight excluding hydrogens is 214 g/mol. The predicted octanol–water partition coefficient (Wildman–Crippen LogP) is 2.70. The van der Waals surface area contributed by atoms with E-state index < -0.39 is 0 Å². The zero-order valence-corrected chi connectivity index (χ0v) is 9.41. The van der Waals surface area contributed by atoms with Gasteiger partial charge in [-0.2, -0.15) is 0 Å². The van der Waals surface area contributed by atoms with Gasteiger partial charge in [0.05, 0.1) is 11.6 Å². The highest BCUT2D eigenvalue weighted by molar-refractivity contribution is 7.98. The molecule has 0 saturated carbocycles. The Morgan fingerprint density at radius 2 is 2.21 bits per heavy atom. The molecule has 2 aromatic rings. The van der Waals surface area contributed by atoms with Crippen molar-refractivity contribution in [2.75, 3.05) is 12.0 Å². The number of aliphatic hydroxyl groups is 1. The number of nitrogens with two attached hydrogens (primary N) is 1. The molecule has 0 unspecified atom stereocenters. The van der Waals surface area contributed by atoms with Gasteiger partial charge in [-0.05, 0) is 30.0 Å². The Labute approximate surface area is 90.7 Å². The zero-order chi connectivity index (χ0) is 10.1. The maximum atomic E-state index is 9.22. The Morgan fingerprint density at radius 1 is 1.43 bits per heavy atom. The standard InChI is InChI=1S/C10H11NOS2/c1-13-7-2-6(5-12)8-4-10(11)14-9(8)3-7/h2-4,12H,5,11H2,1H3. The molecule has 0 spiro atoms. The van der Waals surface area contributed by atoms with Gasteiger partial charge in [-0.1, -0.05) is 0 Å². The lowest BCUT2D eigenvalue weighted by Crippen LogP contribution is -1.84. The van der Waals surface area contributed by atoms with Gasteiger partial charge in [0.1, 0.15) is 0 Å². The van der Waals surface area contributed by atoms with Crippen molar-refractivity contribution in [3.8, 4) is 0 Å². The Morgan fingerprint density at radius 3 is 2.86 bits per heavy atom. The molecule has 0 aliphatic carbocycles. The summed E-state index contributed by atoms with van der Waals surface area (Å²) >= 11 is 3.24. The van der Waals surface area contributed by atoms with Crippen molar-refractivity contribution in [2.45, 2.75) is 11.5 Å². The quantitative estimate of drug-likeness (QED) is 0.772. The van der Waals surface area contributed by atoms with Gasteiger partial charge in [-0.15, -0.1) is 23.1 Å². The van der Waals surface area contributed by atoms with Gasteiger partial charge in [0.15, 0.2) is 0 Å². The van der Waals surface area contributed by atoms with Crippen LogP contribution in [-0.2, 0) is 6.61 Å². The average Bonchev–Trinajstić information content (AvgIpc) is 2.56. The summed E-state index contributed by atoms with van der Waals surface area (Å²) in [7, 11) is 0. The number of thiophene rings is 1. The van der Waals surface area contributed by atoms with Crippen molar-refractivity contribution in [3.63, 3.8) is 0 Å². The van der Waals surface area contributed by atoms with Crippen molar-refractivity contribution in [1.29, 1.82) is 0 Å². The van der Waals surface area contributed by atoms with Crippen molar-refractivity contribution < 1.29 is 5.11 Å². The van der Waals surface area contributed by atoms with Crippen molar-refractivity contribution in [2.24, 2.45) is 0 Å². The average molecular weight is 225 g/mol. The number of thioether (sulfide) groups is 1. The van der Waals surface area contributed by atoms with Gasteiger partial charge in [0, 0.05) is 15.0 Å². The SMILES string of the molecule is CSc1cc(CO)c2cc(N)sc2c1. The second kappa shape index (κ2) is 3.81. The van der Waals surface area contributed by atoms with Gasteiger partial charge in [0.25, 0.3) is 0 Å². The smallest absolute Gasteiger partial charge is 0.0868 e. The highest BCUT2D eigenvalue weighted by Gasteiger charge is 2.06. The summed E-state index contributed by atoms with van der Waals surface area (Å²) in [6, 6.07) is 6.05. The van der Waals surface area contributed by atoms with Gasteiger partial charge in [0.2, 0.25) is 0 Å². The summed E-state index contributed by atoms with van der Waals surface area (Å²) < 4.78 is 1.15. The lowest BCUT2D eigenvalue weighted by molar-refractivity contribution is 0.283. The predicted molar refractivity (Wildman–Crippen MR) is 63.9 cm³/mol. The molecule has 14 heavy (non-hydrogen) atoms. The van der Waals surface area contributed by atoms with Crippen molar-refractivity contribution in [3.05, 3.63) is 23.8 Å². The number of nitrogen functional groups attached to an aromatic ring is 1. The van der Waals surface area contributed by atoms with Crippen LogP contribution in [0.3, 0.4) is 0 Å². The Hall–Kier alpha value is -0.710. The third kappa shape index (κ3) is 1.61. The molecule has 0 bridgehead atoms. The molecule has 1 aromatic heterocycles. The largest absolute Gasteiger partial charge is 0.392 e. The van der Waals surface area contributed by atoms with Crippen LogP contribution in [0.25, 0.3) is 10.1 Å². The van der Waals surface area contributed by atoms with E-state index in [4.69, 9.17) is 5.73 Å². The number of hydrogen-bond acceptors (Lipinski definition) is 4. The number of hydrogen-bond donors (Lipinski definition) is 2. The van der Waals surface area contributed by atoms with Crippen LogP contribution >= 0.6 is 23.1 Å². The Bertz CT molecular complexity index is 464. The van der Waals surface area contributed by atoms with Gasteiger partial charge < -0.3 is 10.8 Å². The summed E-state index contributed by atoms with van der Waals surface area (Å²) in [5.41, 5.74) is 6.69. The van der Waals surface area contributed by atoms with Gasteiger partial charge in [-0.25, -0.2) is 0 Å². The van der Waals surface area contributed by atoms with Crippen LogP contribution in [-0.4, -0.2) is 11.4 Å². The first-order chi connectivity index (χ1) is 6.74. The van der Waals surface area contributed by atoms with Crippen LogP contribution in [0.2, 0.25) is 0 Å². The summed E-state index contributed by atoms with van der Waals surface area (Å²) in [6.07, 6.45) is 2.03. The molecule has 2 nitrogen and oxygen atoms in total. The van der Waals surface area contributed by atoms with E-state index in [1.165, 1.54) is 4.90 Å². The molecule has 0 aliphatic heterocycles. The molecule has 0 radical (unpaired) electrons. The number of fused-ring (bicyclic) bond motifs is 1. The summed E-state index contributed by atoms with van der Waals surface area (Å²) in [6.45, 7) is 0.0705. The maximum absolute atomic E-state index is 9.22. The molecule has 0 aliphatic rings. The monoisotopic (exact) mass is 225 g/mol. The first kappa shape index (κ1) is 9.83. The van der Waals surface area contributed by atoms with E-state index >= 15 is 0 Å². The summed E-state index contributed by atoms with van der Waals surface area (Å²) in [5, 5.41) is 11.1. The van der Waals surface area contributed by atoms with E-state index in [-0.39, 0.29) is 6.61 Å². The first-order valence-corrected chi connectivity index (χ1v) is 6.25.